The van der Waals surface area contributed by atoms with Crippen molar-refractivity contribution >= 4 is 22.4 Å². The van der Waals surface area contributed by atoms with Crippen LogP contribution in [-0.4, -0.2) is 52.9 Å². The van der Waals surface area contributed by atoms with Gasteiger partial charge in [0.1, 0.15) is 13.2 Å². The molecule has 0 saturated carbocycles. The van der Waals surface area contributed by atoms with Gasteiger partial charge in [-0.1, -0.05) is 59.2 Å². The highest BCUT2D eigenvalue weighted by atomic mass is 16.6. The number of fused-ring (bicyclic) bond motifs is 4. The number of nitrogens with zero attached hydrogens (tertiary/aromatic N) is 7. The molecule has 4 aromatic carbocycles. The molecular formula is C35H30N8O3. The number of aryl methyl sites for hydroxylation is 2. The van der Waals surface area contributed by atoms with E-state index in [1.807, 2.05) is 97.4 Å². The number of nitrogens with one attached hydrogen (secondary N) is 1. The number of tetrazole rings is 1. The molecule has 4 heterocycles. The third kappa shape index (κ3) is 4.68. The molecule has 0 spiro atoms. The highest BCUT2D eigenvalue weighted by Gasteiger charge is 2.37. The van der Waals surface area contributed by atoms with E-state index >= 15 is 0 Å². The molecule has 46 heavy (non-hydrogen) atoms. The van der Waals surface area contributed by atoms with Crippen LogP contribution in [0, 0.1) is 6.92 Å². The number of aliphatic hydroxyl groups is 1. The number of rotatable bonds is 7. The van der Waals surface area contributed by atoms with E-state index in [1.165, 1.54) is 0 Å². The molecule has 0 fully saturated rings. The van der Waals surface area contributed by atoms with Crippen molar-refractivity contribution in [3.8, 4) is 22.8 Å². The van der Waals surface area contributed by atoms with E-state index in [0.29, 0.717) is 42.4 Å². The van der Waals surface area contributed by atoms with Crippen molar-refractivity contribution in [2.75, 3.05) is 18.5 Å². The van der Waals surface area contributed by atoms with Gasteiger partial charge in [-0.3, -0.25) is 0 Å². The minimum Gasteiger partial charge on any atom is -0.486 e. The van der Waals surface area contributed by atoms with Crippen LogP contribution < -0.4 is 14.8 Å². The fraction of sp³-hybridized carbons (Fsp3) is 0.171. The van der Waals surface area contributed by atoms with Crippen LogP contribution in [0.5, 0.6) is 11.5 Å². The van der Waals surface area contributed by atoms with E-state index in [-0.39, 0.29) is 0 Å². The minimum atomic E-state index is -1.53. The topological polar surface area (TPSA) is 125 Å². The van der Waals surface area contributed by atoms with Crippen LogP contribution >= 0.6 is 0 Å². The number of hydrogen-bond acceptors (Lipinski definition) is 9. The zero-order valence-corrected chi connectivity index (χ0v) is 25.3. The van der Waals surface area contributed by atoms with Gasteiger partial charge in [0.05, 0.1) is 29.4 Å². The average molecular weight is 611 g/mol. The SMILES string of the molecule is Cc1cccc(-c2nc3nnnn3c3ccc(C(O)(c4ccc(CNc5ccc6c(c5)OCCO6)cc4)c4cncn4C)cc23)c1. The van der Waals surface area contributed by atoms with Crippen LogP contribution in [0.1, 0.15) is 27.9 Å². The lowest BCUT2D eigenvalue weighted by Gasteiger charge is -2.30. The molecular weight excluding hydrogens is 580 g/mol. The van der Waals surface area contributed by atoms with Gasteiger partial charge in [0.25, 0.3) is 5.78 Å². The molecule has 0 amide bonds. The highest BCUT2D eigenvalue weighted by molar-refractivity contribution is 5.94. The molecule has 1 unspecified atom stereocenters. The summed E-state index contributed by atoms with van der Waals surface area (Å²) >= 11 is 0. The lowest BCUT2D eigenvalue weighted by atomic mass is 9.82. The fourth-order valence-electron chi connectivity index (χ4n) is 6.11. The van der Waals surface area contributed by atoms with Gasteiger partial charge in [0.15, 0.2) is 17.1 Å². The number of aromatic nitrogens is 7. The second-order valence-electron chi connectivity index (χ2n) is 11.5. The molecule has 1 aliphatic rings. The van der Waals surface area contributed by atoms with E-state index in [9.17, 15) is 5.11 Å². The summed E-state index contributed by atoms with van der Waals surface area (Å²) in [5.74, 6) is 1.90. The first-order chi connectivity index (χ1) is 22.5. The van der Waals surface area contributed by atoms with Gasteiger partial charge in [0, 0.05) is 36.3 Å². The lowest BCUT2D eigenvalue weighted by Crippen LogP contribution is -2.31. The molecule has 11 nitrogen and oxygen atoms in total. The maximum absolute atomic E-state index is 12.8. The van der Waals surface area contributed by atoms with Crippen LogP contribution in [0.3, 0.4) is 0 Å². The van der Waals surface area contributed by atoms with Gasteiger partial charge in [-0.25, -0.2) is 9.97 Å². The summed E-state index contributed by atoms with van der Waals surface area (Å²) in [4.78, 5) is 9.19. The average Bonchev–Trinajstić information content (AvgIpc) is 3.76. The Bertz CT molecular complexity index is 2230. The van der Waals surface area contributed by atoms with E-state index in [4.69, 9.17) is 14.5 Å². The summed E-state index contributed by atoms with van der Waals surface area (Å²) in [5.41, 5.74) is 6.01. The number of anilines is 1. The zero-order chi connectivity index (χ0) is 31.3. The van der Waals surface area contributed by atoms with Gasteiger partial charge in [-0.05, 0) is 64.4 Å². The second-order valence-corrected chi connectivity index (χ2v) is 11.5. The maximum atomic E-state index is 12.8. The first-order valence-corrected chi connectivity index (χ1v) is 15.0. The molecule has 8 rings (SSSR count). The summed E-state index contributed by atoms with van der Waals surface area (Å²) in [6.07, 6.45) is 3.39. The standard InChI is InChI=1S/C35H30N8O3/c1-22-4-3-5-24(16-22)33-28-17-26(10-12-29(28)43-34(38-33)39-40-41-43)35(44,32-20-36-21-42(32)2)25-8-6-23(7-9-25)19-37-27-11-13-30-31(18-27)46-15-14-45-30/h3-13,16-18,20-21,37,44H,14-15,19H2,1-2H3. The van der Waals surface area contributed by atoms with Gasteiger partial charge < -0.3 is 24.5 Å². The molecule has 2 N–H and O–H groups in total. The Morgan fingerprint density at radius 3 is 2.54 bits per heavy atom. The minimum absolute atomic E-state index is 0.402. The Morgan fingerprint density at radius 2 is 1.74 bits per heavy atom. The van der Waals surface area contributed by atoms with Crippen molar-refractivity contribution in [2.24, 2.45) is 7.05 Å². The number of benzene rings is 4. The lowest BCUT2D eigenvalue weighted by molar-refractivity contribution is 0.117. The summed E-state index contributed by atoms with van der Waals surface area (Å²) in [6, 6.07) is 27.8. The highest BCUT2D eigenvalue weighted by Crippen LogP contribution is 2.39. The predicted octanol–water partition coefficient (Wildman–Crippen LogP) is 5.05. The van der Waals surface area contributed by atoms with Crippen LogP contribution in [0.4, 0.5) is 5.69 Å². The predicted molar refractivity (Wildman–Crippen MR) is 173 cm³/mol. The number of ether oxygens (including phenoxy) is 2. The van der Waals surface area contributed by atoms with E-state index in [0.717, 1.165) is 50.5 Å². The number of hydrogen-bond donors (Lipinski definition) is 2. The van der Waals surface area contributed by atoms with Gasteiger partial charge in [0.2, 0.25) is 0 Å². The van der Waals surface area contributed by atoms with Crippen LogP contribution in [0.25, 0.3) is 27.9 Å². The molecule has 1 aliphatic heterocycles. The Morgan fingerprint density at radius 1 is 0.913 bits per heavy atom. The van der Waals surface area contributed by atoms with Crippen molar-refractivity contribution in [2.45, 2.75) is 19.1 Å². The normalized spacial score (nSPS) is 14.0. The zero-order valence-electron chi connectivity index (χ0n) is 25.3. The molecule has 3 aromatic heterocycles. The second kappa shape index (κ2) is 11.0. The Balaban J connectivity index is 1.19. The Hall–Kier alpha value is -5.81. The van der Waals surface area contributed by atoms with Gasteiger partial charge in [-0.15, -0.1) is 0 Å². The Kier molecular flexibility index (Phi) is 6.61. The fourth-order valence-corrected chi connectivity index (χ4v) is 6.11. The maximum Gasteiger partial charge on any atom is 0.274 e. The molecule has 0 saturated heterocycles. The third-order valence-corrected chi connectivity index (χ3v) is 8.45. The molecule has 0 aliphatic carbocycles. The van der Waals surface area contributed by atoms with Crippen molar-refractivity contribution in [3.63, 3.8) is 0 Å². The van der Waals surface area contributed by atoms with Crippen molar-refractivity contribution in [3.05, 3.63) is 125 Å². The van der Waals surface area contributed by atoms with Crippen molar-refractivity contribution in [1.82, 2.24) is 34.6 Å². The van der Waals surface area contributed by atoms with Crippen LogP contribution in [-0.2, 0) is 19.2 Å². The summed E-state index contributed by atoms with van der Waals surface area (Å²) in [6.45, 7) is 3.74. The summed E-state index contributed by atoms with van der Waals surface area (Å²) in [5, 5.41) is 29.2. The third-order valence-electron chi connectivity index (χ3n) is 8.45. The Labute approximate surface area is 264 Å². The van der Waals surface area contributed by atoms with Gasteiger partial charge >= 0.3 is 0 Å². The smallest absolute Gasteiger partial charge is 0.274 e. The van der Waals surface area contributed by atoms with Crippen LogP contribution in [0.15, 0.2) is 97.5 Å². The van der Waals surface area contributed by atoms with E-state index < -0.39 is 5.60 Å². The quantitative estimate of drug-likeness (QED) is 0.255. The summed E-state index contributed by atoms with van der Waals surface area (Å²) < 4.78 is 14.8. The largest absolute Gasteiger partial charge is 0.486 e. The molecule has 0 radical (unpaired) electrons. The first kappa shape index (κ1) is 27.7. The summed E-state index contributed by atoms with van der Waals surface area (Å²) in [7, 11) is 1.88. The molecule has 7 aromatic rings. The van der Waals surface area contributed by atoms with Gasteiger partial charge in [-0.2, -0.15) is 4.52 Å². The first-order valence-electron chi connectivity index (χ1n) is 15.0. The van der Waals surface area contributed by atoms with E-state index in [2.05, 4.69) is 31.9 Å². The van der Waals surface area contributed by atoms with Crippen molar-refractivity contribution in [1.29, 1.82) is 0 Å². The monoisotopic (exact) mass is 610 g/mol. The number of imidazole rings is 1. The molecule has 11 heteroatoms. The molecule has 1 atom stereocenters. The van der Waals surface area contributed by atoms with Crippen molar-refractivity contribution < 1.29 is 14.6 Å². The molecule has 0 bridgehead atoms. The van der Waals surface area contributed by atoms with Crippen LogP contribution in [0.2, 0.25) is 0 Å². The molecule has 228 valence electrons. The van der Waals surface area contributed by atoms with E-state index in [1.54, 1.807) is 17.0 Å².